The molecule has 114 valence electrons. The van der Waals surface area contributed by atoms with Gasteiger partial charge in [-0.25, -0.2) is 4.79 Å². The molecule has 2 rings (SSSR count). The van der Waals surface area contributed by atoms with Crippen LogP contribution in [-0.2, 0) is 9.53 Å². The molecule has 2 aromatic rings. The van der Waals surface area contributed by atoms with E-state index >= 15 is 0 Å². The molecule has 0 fully saturated rings. The quantitative estimate of drug-likeness (QED) is 0.599. The minimum atomic E-state index is -0.737. The summed E-state index contributed by atoms with van der Waals surface area (Å²) in [5.74, 6) is -1.31. The van der Waals surface area contributed by atoms with Crippen molar-refractivity contribution in [1.82, 2.24) is 0 Å². The van der Waals surface area contributed by atoms with Crippen LogP contribution in [0.2, 0.25) is 0 Å². The molecule has 0 heterocycles. The SMILES string of the molecule is Cc1cccc(C(=O)OCC(=O)Nc2ccc(I)cc2)c1O. The molecular formula is C16H14INO4. The van der Waals surface area contributed by atoms with Crippen molar-refractivity contribution in [2.75, 3.05) is 11.9 Å². The van der Waals surface area contributed by atoms with Crippen LogP contribution in [0.3, 0.4) is 0 Å². The lowest BCUT2D eigenvalue weighted by Crippen LogP contribution is -2.21. The van der Waals surface area contributed by atoms with Crippen LogP contribution < -0.4 is 5.32 Å². The molecule has 0 atom stereocenters. The Hall–Kier alpha value is -2.09. The number of hydrogen-bond donors (Lipinski definition) is 2. The summed E-state index contributed by atoms with van der Waals surface area (Å²) < 4.78 is 5.96. The fourth-order valence-electron chi connectivity index (χ4n) is 1.76. The second-order valence-corrected chi connectivity index (χ2v) is 5.85. The fraction of sp³-hybridized carbons (Fsp3) is 0.125. The van der Waals surface area contributed by atoms with Gasteiger partial charge in [0.15, 0.2) is 6.61 Å². The Morgan fingerprint density at radius 1 is 1.18 bits per heavy atom. The number of hydrogen-bond acceptors (Lipinski definition) is 4. The number of ether oxygens (including phenoxy) is 1. The van der Waals surface area contributed by atoms with Crippen molar-refractivity contribution in [3.8, 4) is 5.75 Å². The highest BCUT2D eigenvalue weighted by Crippen LogP contribution is 2.22. The van der Waals surface area contributed by atoms with Crippen LogP contribution in [0.15, 0.2) is 42.5 Å². The lowest BCUT2D eigenvalue weighted by atomic mass is 10.1. The van der Waals surface area contributed by atoms with Gasteiger partial charge in [-0.15, -0.1) is 0 Å². The topological polar surface area (TPSA) is 75.6 Å². The number of phenols is 1. The first-order chi connectivity index (χ1) is 10.5. The summed E-state index contributed by atoms with van der Waals surface area (Å²) in [5.41, 5.74) is 1.24. The van der Waals surface area contributed by atoms with Crippen LogP contribution in [-0.4, -0.2) is 23.6 Å². The van der Waals surface area contributed by atoms with Gasteiger partial charge >= 0.3 is 5.97 Å². The van der Waals surface area contributed by atoms with E-state index < -0.39 is 18.5 Å². The standard InChI is InChI=1S/C16H14INO4/c1-10-3-2-4-13(15(10)20)16(21)22-9-14(19)18-12-7-5-11(17)6-8-12/h2-8,20H,9H2,1H3,(H,18,19). The predicted molar refractivity (Wildman–Crippen MR) is 90.9 cm³/mol. The average molecular weight is 411 g/mol. The first-order valence-electron chi connectivity index (χ1n) is 6.48. The number of aromatic hydroxyl groups is 1. The van der Waals surface area contributed by atoms with E-state index in [-0.39, 0.29) is 11.3 Å². The molecule has 2 aromatic carbocycles. The van der Waals surface area contributed by atoms with Gasteiger partial charge in [-0.1, -0.05) is 12.1 Å². The normalized spacial score (nSPS) is 10.1. The van der Waals surface area contributed by atoms with Crippen LogP contribution in [0.4, 0.5) is 5.69 Å². The molecule has 0 unspecified atom stereocenters. The molecule has 0 saturated heterocycles. The number of nitrogens with one attached hydrogen (secondary N) is 1. The highest BCUT2D eigenvalue weighted by atomic mass is 127. The first kappa shape index (κ1) is 16.3. The lowest BCUT2D eigenvalue weighted by Gasteiger charge is -2.08. The van der Waals surface area contributed by atoms with E-state index in [9.17, 15) is 14.7 Å². The first-order valence-corrected chi connectivity index (χ1v) is 7.56. The van der Waals surface area contributed by atoms with E-state index in [0.29, 0.717) is 11.3 Å². The molecule has 0 aromatic heterocycles. The zero-order valence-electron chi connectivity index (χ0n) is 11.8. The van der Waals surface area contributed by atoms with E-state index in [0.717, 1.165) is 3.57 Å². The van der Waals surface area contributed by atoms with E-state index in [2.05, 4.69) is 27.9 Å². The zero-order chi connectivity index (χ0) is 16.1. The van der Waals surface area contributed by atoms with Crippen molar-refractivity contribution < 1.29 is 19.4 Å². The van der Waals surface area contributed by atoms with Gasteiger partial charge in [0.05, 0.1) is 0 Å². The number of aryl methyl sites for hydroxylation is 1. The van der Waals surface area contributed by atoms with E-state index in [1.165, 1.54) is 6.07 Å². The number of esters is 1. The summed E-state index contributed by atoms with van der Waals surface area (Å²) >= 11 is 2.16. The maximum atomic E-state index is 11.9. The summed E-state index contributed by atoms with van der Waals surface area (Å²) in [6.45, 7) is 1.26. The van der Waals surface area contributed by atoms with Crippen LogP contribution in [0, 0.1) is 10.5 Å². The number of benzene rings is 2. The van der Waals surface area contributed by atoms with Crippen molar-refractivity contribution in [3.63, 3.8) is 0 Å². The second-order valence-electron chi connectivity index (χ2n) is 4.60. The largest absolute Gasteiger partial charge is 0.507 e. The third-order valence-electron chi connectivity index (χ3n) is 2.92. The number of amides is 1. The number of halogens is 1. The third kappa shape index (κ3) is 4.20. The molecule has 5 nitrogen and oxygen atoms in total. The Labute approximate surface area is 141 Å². The fourth-order valence-corrected chi connectivity index (χ4v) is 2.12. The zero-order valence-corrected chi connectivity index (χ0v) is 14.0. The molecule has 6 heteroatoms. The summed E-state index contributed by atoms with van der Waals surface area (Å²) in [6, 6.07) is 12.0. The summed E-state index contributed by atoms with van der Waals surface area (Å²) in [4.78, 5) is 23.6. The smallest absolute Gasteiger partial charge is 0.342 e. The second kappa shape index (κ2) is 7.26. The van der Waals surface area contributed by atoms with Gasteiger partial charge in [0.1, 0.15) is 11.3 Å². The number of phenolic OH excluding ortho intramolecular Hbond substituents is 1. The summed E-state index contributed by atoms with van der Waals surface area (Å²) in [5, 5.41) is 12.4. The van der Waals surface area contributed by atoms with Crippen molar-refractivity contribution in [2.45, 2.75) is 6.92 Å². The van der Waals surface area contributed by atoms with Crippen molar-refractivity contribution in [3.05, 3.63) is 57.2 Å². The van der Waals surface area contributed by atoms with Crippen molar-refractivity contribution in [1.29, 1.82) is 0 Å². The molecule has 0 aliphatic rings. The molecule has 2 N–H and O–H groups in total. The lowest BCUT2D eigenvalue weighted by molar-refractivity contribution is -0.119. The van der Waals surface area contributed by atoms with Gasteiger partial charge in [-0.3, -0.25) is 4.79 Å². The maximum absolute atomic E-state index is 11.9. The van der Waals surface area contributed by atoms with Crippen LogP contribution in [0.25, 0.3) is 0 Å². The highest BCUT2D eigenvalue weighted by Gasteiger charge is 2.15. The van der Waals surface area contributed by atoms with Crippen LogP contribution >= 0.6 is 22.6 Å². The van der Waals surface area contributed by atoms with Crippen LogP contribution in [0.1, 0.15) is 15.9 Å². The molecule has 0 aliphatic carbocycles. The van der Waals surface area contributed by atoms with Gasteiger partial charge in [0, 0.05) is 9.26 Å². The van der Waals surface area contributed by atoms with Gasteiger partial charge in [0.2, 0.25) is 0 Å². The monoisotopic (exact) mass is 411 g/mol. The molecule has 0 bridgehead atoms. The highest BCUT2D eigenvalue weighted by molar-refractivity contribution is 14.1. The summed E-state index contributed by atoms with van der Waals surface area (Å²) in [7, 11) is 0. The number of carbonyl (C=O) groups excluding carboxylic acids is 2. The van der Waals surface area contributed by atoms with E-state index in [1.54, 1.807) is 31.2 Å². The molecule has 0 radical (unpaired) electrons. The molecule has 0 spiro atoms. The Kier molecular flexibility index (Phi) is 5.37. The Bertz CT molecular complexity index is 698. The van der Waals surface area contributed by atoms with Gasteiger partial charge in [0.25, 0.3) is 5.91 Å². The molecule has 0 saturated carbocycles. The van der Waals surface area contributed by atoms with Gasteiger partial charge < -0.3 is 15.2 Å². The van der Waals surface area contributed by atoms with E-state index in [4.69, 9.17) is 4.74 Å². The number of para-hydroxylation sites is 1. The molecular weight excluding hydrogens is 397 g/mol. The van der Waals surface area contributed by atoms with Crippen LogP contribution in [0.5, 0.6) is 5.75 Å². The van der Waals surface area contributed by atoms with E-state index in [1.807, 2.05) is 12.1 Å². The Morgan fingerprint density at radius 3 is 2.55 bits per heavy atom. The van der Waals surface area contributed by atoms with Crippen molar-refractivity contribution in [2.24, 2.45) is 0 Å². The average Bonchev–Trinajstić information content (AvgIpc) is 2.50. The predicted octanol–water partition coefficient (Wildman–Crippen LogP) is 3.10. The number of anilines is 1. The van der Waals surface area contributed by atoms with Gasteiger partial charge in [-0.05, 0) is 65.4 Å². The molecule has 1 amide bonds. The number of carbonyl (C=O) groups is 2. The molecule has 22 heavy (non-hydrogen) atoms. The molecule has 0 aliphatic heterocycles. The third-order valence-corrected chi connectivity index (χ3v) is 3.64. The van der Waals surface area contributed by atoms with Gasteiger partial charge in [-0.2, -0.15) is 0 Å². The van der Waals surface area contributed by atoms with Crippen molar-refractivity contribution >= 4 is 40.2 Å². The maximum Gasteiger partial charge on any atom is 0.342 e. The number of rotatable bonds is 4. The Balaban J connectivity index is 1.92. The Morgan fingerprint density at radius 2 is 1.86 bits per heavy atom. The minimum Gasteiger partial charge on any atom is -0.507 e. The summed E-state index contributed by atoms with van der Waals surface area (Å²) in [6.07, 6.45) is 0. The minimum absolute atomic E-state index is 0.0436.